The van der Waals surface area contributed by atoms with Gasteiger partial charge in [0, 0.05) is 29.5 Å². The lowest BCUT2D eigenvalue weighted by Crippen LogP contribution is -2.41. The molecule has 1 amide bonds. The van der Waals surface area contributed by atoms with E-state index < -0.39 is 0 Å². The van der Waals surface area contributed by atoms with Crippen molar-refractivity contribution in [2.45, 2.75) is 52.3 Å². The highest BCUT2D eigenvalue weighted by Crippen LogP contribution is 2.27. The largest absolute Gasteiger partial charge is 0.488 e. The van der Waals surface area contributed by atoms with Gasteiger partial charge in [0.2, 0.25) is 0 Å². The highest BCUT2D eigenvalue weighted by molar-refractivity contribution is 9.10. The third kappa shape index (κ3) is 6.34. The van der Waals surface area contributed by atoms with Gasteiger partial charge in [0.25, 0.3) is 5.91 Å². The molecule has 0 atom stereocenters. The lowest BCUT2D eigenvalue weighted by Gasteiger charge is -2.28. The van der Waals surface area contributed by atoms with E-state index in [-0.39, 0.29) is 42.5 Å². The summed E-state index contributed by atoms with van der Waals surface area (Å²) in [6.07, 6.45) is 0.763. The smallest absolute Gasteiger partial charge is 0.333 e. The van der Waals surface area contributed by atoms with Crippen LogP contribution in [0.3, 0.4) is 0 Å². The second-order valence-electron chi connectivity index (χ2n) is 11.0. The number of nitrogens with zero attached hydrogens (tertiary/aromatic N) is 3. The van der Waals surface area contributed by atoms with Crippen LogP contribution in [-0.4, -0.2) is 37.9 Å². The predicted octanol–water partition coefficient (Wildman–Crippen LogP) is 6.70. The van der Waals surface area contributed by atoms with E-state index in [2.05, 4.69) is 15.9 Å². The Bertz CT molecular complexity index is 1650. The van der Waals surface area contributed by atoms with Crippen LogP contribution in [0.2, 0.25) is 5.02 Å². The van der Waals surface area contributed by atoms with Crippen molar-refractivity contribution >= 4 is 39.2 Å². The number of ketones is 1. The van der Waals surface area contributed by atoms with Crippen molar-refractivity contribution in [3.63, 3.8) is 0 Å². The highest BCUT2D eigenvalue weighted by Gasteiger charge is 2.32. The van der Waals surface area contributed by atoms with Crippen LogP contribution in [0.25, 0.3) is 5.69 Å². The minimum atomic E-state index is -0.374. The Morgan fingerprint density at radius 3 is 2.34 bits per heavy atom. The molecule has 1 aromatic heterocycles. The van der Waals surface area contributed by atoms with Gasteiger partial charge >= 0.3 is 5.69 Å². The number of amides is 1. The number of hydrogen-bond donors (Lipinski definition) is 0. The van der Waals surface area contributed by atoms with Crippen molar-refractivity contribution in [3.8, 4) is 11.4 Å². The highest BCUT2D eigenvalue weighted by atomic mass is 79.9. The Balaban J connectivity index is 1.53. The van der Waals surface area contributed by atoms with Crippen molar-refractivity contribution in [1.82, 2.24) is 14.0 Å². The molecule has 1 aliphatic heterocycles. The minimum absolute atomic E-state index is 0.131. The topological polar surface area (TPSA) is 73.5 Å². The number of aromatic nitrogens is 2. The van der Waals surface area contributed by atoms with Crippen LogP contribution < -0.4 is 10.4 Å². The average molecular weight is 637 g/mol. The van der Waals surface area contributed by atoms with Crippen molar-refractivity contribution < 1.29 is 14.3 Å². The van der Waals surface area contributed by atoms with Gasteiger partial charge in [-0.25, -0.2) is 4.79 Å². The molecule has 0 N–H and O–H groups in total. The molecule has 41 heavy (non-hydrogen) atoms. The van der Waals surface area contributed by atoms with E-state index in [1.807, 2.05) is 51.1 Å². The zero-order valence-electron chi connectivity index (χ0n) is 23.2. The van der Waals surface area contributed by atoms with E-state index in [9.17, 15) is 14.4 Å². The zero-order chi connectivity index (χ0) is 29.3. The van der Waals surface area contributed by atoms with Gasteiger partial charge in [-0.15, -0.1) is 0 Å². The summed E-state index contributed by atoms with van der Waals surface area (Å²) >= 11 is 9.61. The number of carbonyl (C=O) groups is 2. The van der Waals surface area contributed by atoms with Crippen LogP contribution >= 0.6 is 27.5 Å². The molecule has 0 spiro atoms. The van der Waals surface area contributed by atoms with E-state index in [1.54, 1.807) is 51.9 Å². The molecule has 0 saturated carbocycles. The summed E-state index contributed by atoms with van der Waals surface area (Å²) in [5, 5.41) is 0.437. The summed E-state index contributed by atoms with van der Waals surface area (Å²) in [6, 6.07) is 22.0. The fourth-order valence-corrected chi connectivity index (χ4v) is 5.44. The Morgan fingerprint density at radius 2 is 1.68 bits per heavy atom. The van der Waals surface area contributed by atoms with E-state index >= 15 is 0 Å². The average Bonchev–Trinajstić information content (AvgIpc) is 3.24. The Kier molecular flexibility index (Phi) is 8.25. The maximum Gasteiger partial charge on any atom is 0.333 e. The monoisotopic (exact) mass is 635 g/mol. The molecule has 1 aliphatic rings. The molecule has 212 valence electrons. The molecule has 9 heteroatoms. The summed E-state index contributed by atoms with van der Waals surface area (Å²) in [7, 11) is 0. The van der Waals surface area contributed by atoms with Gasteiger partial charge in [-0.2, -0.15) is 0 Å². The maximum absolute atomic E-state index is 13.9. The normalized spacial score (nSPS) is 13.1. The SMILES string of the molecule is CC(C)(C)Oc1ccc(-n2c(C(=O)CCc3ccccc3)c3n(c2=O)CCN(C(=O)c2ccc(Br)c(Cl)c2)C3)cc1. The fraction of sp³-hybridized carbons (Fsp3) is 0.281. The number of aryl methyl sites for hydroxylation is 1. The molecule has 2 heterocycles. The van der Waals surface area contributed by atoms with E-state index in [1.165, 1.54) is 4.57 Å². The second-order valence-corrected chi connectivity index (χ2v) is 12.3. The summed E-state index contributed by atoms with van der Waals surface area (Å²) in [4.78, 5) is 42.7. The van der Waals surface area contributed by atoms with Gasteiger partial charge in [0.1, 0.15) is 17.0 Å². The molecule has 0 fully saturated rings. The lowest BCUT2D eigenvalue weighted by atomic mass is 10.0. The first-order valence-electron chi connectivity index (χ1n) is 13.5. The van der Waals surface area contributed by atoms with Crippen LogP contribution in [0, 0.1) is 0 Å². The lowest BCUT2D eigenvalue weighted by molar-refractivity contribution is 0.0707. The molecule has 0 unspecified atom stereocenters. The van der Waals surface area contributed by atoms with E-state index in [4.69, 9.17) is 16.3 Å². The third-order valence-corrected chi connectivity index (χ3v) is 8.13. The number of ether oxygens (including phenoxy) is 1. The molecule has 7 nitrogen and oxygen atoms in total. The number of benzene rings is 3. The number of fused-ring (bicyclic) bond motifs is 1. The Hall–Kier alpha value is -3.62. The molecular formula is C32H31BrClN3O4. The van der Waals surface area contributed by atoms with Gasteiger partial charge < -0.3 is 9.64 Å². The first-order chi connectivity index (χ1) is 19.5. The van der Waals surface area contributed by atoms with Crippen LogP contribution in [0.15, 0.2) is 82.1 Å². The number of hydrogen-bond acceptors (Lipinski definition) is 4. The van der Waals surface area contributed by atoms with Crippen molar-refractivity contribution in [2.75, 3.05) is 6.54 Å². The van der Waals surface area contributed by atoms with Crippen LogP contribution in [0.1, 0.15) is 59.3 Å². The van der Waals surface area contributed by atoms with Crippen molar-refractivity contribution in [3.05, 3.63) is 115 Å². The third-order valence-electron chi connectivity index (χ3n) is 6.90. The molecule has 0 bridgehead atoms. The summed E-state index contributed by atoms with van der Waals surface area (Å²) in [5.41, 5.74) is 2.22. The fourth-order valence-electron chi connectivity index (χ4n) is 5.01. The standard InChI is InChI=1S/C32H31BrClN3O4/c1-32(2,3)41-24-13-11-23(12-14-24)37-29(28(38)16-9-21-7-5-4-6-8-21)27-20-35(17-18-36(27)31(37)40)30(39)22-10-15-25(33)26(34)19-22/h4-8,10-15,19H,9,16-18,20H2,1-3H3. The van der Waals surface area contributed by atoms with Crippen LogP contribution in [0.4, 0.5) is 0 Å². The second kappa shape index (κ2) is 11.7. The Labute approximate surface area is 252 Å². The molecule has 0 aliphatic carbocycles. The van der Waals surface area contributed by atoms with Gasteiger partial charge in [-0.05, 0) is 91.1 Å². The minimum Gasteiger partial charge on any atom is -0.488 e. The van der Waals surface area contributed by atoms with Crippen LogP contribution in [0.5, 0.6) is 5.75 Å². The van der Waals surface area contributed by atoms with Crippen molar-refractivity contribution in [2.24, 2.45) is 0 Å². The van der Waals surface area contributed by atoms with Gasteiger partial charge in [0.15, 0.2) is 5.78 Å². The molecule has 0 radical (unpaired) electrons. The molecule has 5 rings (SSSR count). The molecule has 3 aromatic carbocycles. The number of rotatable bonds is 7. The zero-order valence-corrected chi connectivity index (χ0v) is 25.5. The summed E-state index contributed by atoms with van der Waals surface area (Å²) in [5.74, 6) is 0.299. The molecule has 0 saturated heterocycles. The van der Waals surface area contributed by atoms with Crippen LogP contribution in [-0.2, 0) is 19.5 Å². The number of imidazole rings is 1. The quantitative estimate of drug-likeness (QED) is 0.212. The molecular weight excluding hydrogens is 606 g/mol. The Morgan fingerprint density at radius 1 is 0.976 bits per heavy atom. The number of carbonyl (C=O) groups excluding carboxylic acids is 2. The van der Waals surface area contributed by atoms with E-state index in [0.717, 1.165) is 5.56 Å². The predicted molar refractivity (Wildman–Crippen MR) is 163 cm³/mol. The van der Waals surface area contributed by atoms with Gasteiger partial charge in [-0.3, -0.25) is 18.7 Å². The summed E-state index contributed by atoms with van der Waals surface area (Å²) in [6.45, 7) is 6.64. The van der Waals surface area contributed by atoms with Gasteiger partial charge in [-0.1, -0.05) is 41.9 Å². The first kappa shape index (κ1) is 28.9. The van der Waals surface area contributed by atoms with Gasteiger partial charge in [0.05, 0.1) is 22.9 Å². The van der Waals surface area contributed by atoms with Crippen molar-refractivity contribution in [1.29, 1.82) is 0 Å². The first-order valence-corrected chi connectivity index (χ1v) is 14.6. The van der Waals surface area contributed by atoms with E-state index in [0.29, 0.717) is 50.8 Å². The summed E-state index contributed by atoms with van der Waals surface area (Å²) < 4.78 is 9.75. The number of Topliss-reactive ketones (excluding diaryl/α,β-unsaturated/α-hetero) is 1. The number of halogens is 2. The maximum atomic E-state index is 13.9. The molecule has 4 aromatic rings.